The number of carbonyl (C=O) groups excluding carboxylic acids is 1. The summed E-state index contributed by atoms with van der Waals surface area (Å²) >= 11 is 6.55. The van der Waals surface area contributed by atoms with Gasteiger partial charge in [0.2, 0.25) is 0 Å². The van der Waals surface area contributed by atoms with E-state index in [9.17, 15) is 4.79 Å². The average Bonchev–Trinajstić information content (AvgIpc) is 2.74. The third kappa shape index (κ3) is 2.59. The van der Waals surface area contributed by atoms with Crippen LogP contribution >= 0.6 is 24.0 Å². The predicted molar refractivity (Wildman–Crippen MR) is 92.0 cm³/mol. The number of hydrogen-bond donors (Lipinski definition) is 0. The van der Waals surface area contributed by atoms with Gasteiger partial charge in [0.15, 0.2) is 0 Å². The molecule has 0 bridgehead atoms. The molecule has 0 atom stereocenters. The van der Waals surface area contributed by atoms with Gasteiger partial charge in [-0.3, -0.25) is 9.69 Å². The number of carbonyl (C=O) groups is 1. The number of hydrogen-bond acceptors (Lipinski definition) is 4. The van der Waals surface area contributed by atoms with E-state index in [1.165, 1.54) is 11.8 Å². The number of nitrogens with zero attached hydrogens (tertiary/aromatic N) is 2. The second-order valence-electron chi connectivity index (χ2n) is 4.81. The first kappa shape index (κ1) is 14.2. The minimum Gasteiger partial charge on any atom is -0.293 e. The third-order valence-corrected chi connectivity index (χ3v) is 4.79. The number of fused-ring (bicyclic) bond motifs is 1. The van der Waals surface area contributed by atoms with Gasteiger partial charge in [0.05, 0.1) is 16.1 Å². The van der Waals surface area contributed by atoms with Crippen LogP contribution in [0.4, 0.5) is 0 Å². The topological polar surface area (TPSA) is 33.2 Å². The highest BCUT2D eigenvalue weighted by atomic mass is 32.2. The highest BCUT2D eigenvalue weighted by Crippen LogP contribution is 2.32. The molecule has 0 saturated carbocycles. The lowest BCUT2D eigenvalue weighted by Crippen LogP contribution is -2.27. The van der Waals surface area contributed by atoms with Crippen LogP contribution in [0, 0.1) is 6.92 Å². The molecule has 1 amide bonds. The number of thiocarbonyl (C=S) groups is 1. The van der Waals surface area contributed by atoms with Crippen molar-refractivity contribution in [3.63, 3.8) is 0 Å². The lowest BCUT2D eigenvalue weighted by atomic mass is 10.1. The Kier molecular flexibility index (Phi) is 3.78. The molecule has 1 aliphatic heterocycles. The maximum atomic E-state index is 12.2. The molecular formula is C16H14N2OS2. The fraction of sp³-hybridized carbons (Fsp3) is 0.188. The molecular weight excluding hydrogens is 300 g/mol. The molecule has 0 aliphatic carbocycles. The Morgan fingerprint density at radius 2 is 2.14 bits per heavy atom. The van der Waals surface area contributed by atoms with Crippen molar-refractivity contribution in [3.05, 3.63) is 46.5 Å². The molecule has 1 aromatic carbocycles. The molecule has 2 heterocycles. The predicted octanol–water partition coefficient (Wildman–Crippen LogP) is 3.76. The zero-order chi connectivity index (χ0) is 15.0. The standard InChI is InChI=1S/C16H14N2OS2/c1-3-18-15(19)13(21-16(18)20)9-12-8-7-11-6-4-5-10(2)14(11)17-12/h4-9H,3H2,1-2H3/b13-9+. The highest BCUT2D eigenvalue weighted by Gasteiger charge is 2.30. The molecule has 5 heteroatoms. The Hall–Kier alpha value is -1.72. The Labute approximate surface area is 133 Å². The van der Waals surface area contributed by atoms with Gasteiger partial charge in [0.25, 0.3) is 5.91 Å². The van der Waals surface area contributed by atoms with Crippen molar-refractivity contribution >= 4 is 51.2 Å². The average molecular weight is 314 g/mol. The van der Waals surface area contributed by atoms with E-state index in [4.69, 9.17) is 12.2 Å². The number of aryl methyl sites for hydroxylation is 1. The van der Waals surface area contributed by atoms with Gasteiger partial charge < -0.3 is 0 Å². The minimum absolute atomic E-state index is 0.0285. The minimum atomic E-state index is -0.0285. The van der Waals surface area contributed by atoms with E-state index < -0.39 is 0 Å². The van der Waals surface area contributed by atoms with Gasteiger partial charge in [-0.1, -0.05) is 48.2 Å². The lowest BCUT2D eigenvalue weighted by molar-refractivity contribution is -0.121. The molecule has 0 N–H and O–H groups in total. The van der Waals surface area contributed by atoms with Crippen molar-refractivity contribution in [2.45, 2.75) is 13.8 Å². The van der Waals surface area contributed by atoms with Gasteiger partial charge in [-0.15, -0.1) is 0 Å². The van der Waals surface area contributed by atoms with Crippen LogP contribution in [0.2, 0.25) is 0 Å². The summed E-state index contributed by atoms with van der Waals surface area (Å²) in [5.74, 6) is -0.0285. The van der Waals surface area contributed by atoms with Crippen LogP contribution < -0.4 is 0 Å². The molecule has 106 valence electrons. The first-order valence-corrected chi connectivity index (χ1v) is 7.94. The molecule has 21 heavy (non-hydrogen) atoms. The van der Waals surface area contributed by atoms with Gasteiger partial charge in [-0.25, -0.2) is 4.98 Å². The summed E-state index contributed by atoms with van der Waals surface area (Å²) in [5.41, 5.74) is 2.88. The summed E-state index contributed by atoms with van der Waals surface area (Å²) in [5, 5.41) is 1.10. The van der Waals surface area contributed by atoms with E-state index in [1.807, 2.05) is 50.3 Å². The summed E-state index contributed by atoms with van der Waals surface area (Å²) in [6, 6.07) is 10.1. The summed E-state index contributed by atoms with van der Waals surface area (Å²) in [4.78, 5) is 19.1. The van der Waals surface area contributed by atoms with Crippen LogP contribution in [0.5, 0.6) is 0 Å². The first-order valence-electron chi connectivity index (χ1n) is 6.72. The molecule has 3 rings (SSSR count). The summed E-state index contributed by atoms with van der Waals surface area (Å²) in [6.07, 6.45) is 1.82. The second kappa shape index (κ2) is 5.58. The quantitative estimate of drug-likeness (QED) is 0.624. The van der Waals surface area contributed by atoms with E-state index in [0.29, 0.717) is 15.8 Å². The highest BCUT2D eigenvalue weighted by molar-refractivity contribution is 8.26. The van der Waals surface area contributed by atoms with Crippen LogP contribution in [0.25, 0.3) is 17.0 Å². The Balaban J connectivity index is 2.02. The molecule has 1 aliphatic rings. The molecule has 1 saturated heterocycles. The van der Waals surface area contributed by atoms with Gasteiger partial charge in [-0.2, -0.15) is 0 Å². The van der Waals surface area contributed by atoms with Gasteiger partial charge in [-0.05, 0) is 31.6 Å². The zero-order valence-electron chi connectivity index (χ0n) is 11.8. The Bertz CT molecular complexity index is 783. The summed E-state index contributed by atoms with van der Waals surface area (Å²) < 4.78 is 0.616. The lowest BCUT2D eigenvalue weighted by Gasteiger charge is -2.09. The summed E-state index contributed by atoms with van der Waals surface area (Å²) in [7, 11) is 0. The second-order valence-corrected chi connectivity index (χ2v) is 6.48. The fourth-order valence-corrected chi connectivity index (χ4v) is 3.67. The normalized spacial score (nSPS) is 17.2. The summed E-state index contributed by atoms with van der Waals surface area (Å²) in [6.45, 7) is 4.56. The number of pyridine rings is 1. The number of benzene rings is 1. The van der Waals surface area contributed by atoms with Crippen LogP contribution in [0.3, 0.4) is 0 Å². The van der Waals surface area contributed by atoms with Gasteiger partial charge >= 0.3 is 0 Å². The van der Waals surface area contributed by atoms with Crippen molar-refractivity contribution in [1.82, 2.24) is 9.88 Å². The Morgan fingerprint density at radius 1 is 1.33 bits per heavy atom. The third-order valence-electron chi connectivity index (χ3n) is 3.41. The molecule has 1 fully saturated rings. The first-order chi connectivity index (χ1) is 10.1. The molecule has 1 aromatic heterocycles. The number of para-hydroxylation sites is 1. The van der Waals surface area contributed by atoms with E-state index in [2.05, 4.69) is 4.98 Å². The van der Waals surface area contributed by atoms with Crippen molar-refractivity contribution in [2.75, 3.05) is 6.54 Å². The van der Waals surface area contributed by atoms with E-state index in [0.717, 1.165) is 22.2 Å². The molecule has 2 aromatic rings. The number of likely N-dealkylation sites (N-methyl/N-ethyl adjacent to an activating group) is 1. The number of amides is 1. The van der Waals surface area contributed by atoms with Gasteiger partial charge in [0.1, 0.15) is 4.32 Å². The molecule has 3 nitrogen and oxygen atoms in total. The van der Waals surface area contributed by atoms with E-state index >= 15 is 0 Å². The fourth-order valence-electron chi connectivity index (χ4n) is 2.30. The largest absolute Gasteiger partial charge is 0.293 e. The maximum Gasteiger partial charge on any atom is 0.266 e. The monoisotopic (exact) mass is 314 g/mol. The molecule has 0 unspecified atom stereocenters. The SMILES string of the molecule is CCN1C(=O)/C(=C\c2ccc3cccc(C)c3n2)SC1=S. The molecule has 0 radical (unpaired) electrons. The maximum absolute atomic E-state index is 12.2. The van der Waals surface area contributed by atoms with Crippen molar-refractivity contribution in [3.8, 4) is 0 Å². The van der Waals surface area contributed by atoms with E-state index in [-0.39, 0.29) is 5.91 Å². The van der Waals surface area contributed by atoms with Crippen molar-refractivity contribution in [2.24, 2.45) is 0 Å². The number of thioether (sulfide) groups is 1. The van der Waals surface area contributed by atoms with Crippen molar-refractivity contribution in [1.29, 1.82) is 0 Å². The zero-order valence-corrected chi connectivity index (χ0v) is 13.4. The Morgan fingerprint density at radius 3 is 2.86 bits per heavy atom. The van der Waals surface area contributed by atoms with Crippen LogP contribution in [0.1, 0.15) is 18.2 Å². The van der Waals surface area contributed by atoms with Crippen molar-refractivity contribution < 1.29 is 4.79 Å². The molecule has 0 spiro atoms. The number of rotatable bonds is 2. The smallest absolute Gasteiger partial charge is 0.266 e. The van der Waals surface area contributed by atoms with Crippen LogP contribution in [0.15, 0.2) is 35.2 Å². The van der Waals surface area contributed by atoms with Crippen LogP contribution in [-0.2, 0) is 4.79 Å². The van der Waals surface area contributed by atoms with Gasteiger partial charge in [0, 0.05) is 11.9 Å². The van der Waals surface area contributed by atoms with E-state index in [1.54, 1.807) is 4.90 Å². The van der Waals surface area contributed by atoms with Crippen LogP contribution in [-0.4, -0.2) is 26.7 Å². The number of aromatic nitrogens is 1.